The molecule has 2 N–H and O–H groups in total. The van der Waals surface area contributed by atoms with Crippen molar-refractivity contribution in [3.63, 3.8) is 0 Å². The monoisotopic (exact) mass is 370 g/mol. The van der Waals surface area contributed by atoms with Crippen LogP contribution in [0.1, 0.15) is 57.0 Å². The van der Waals surface area contributed by atoms with Gasteiger partial charge in [0.1, 0.15) is 0 Å². The van der Waals surface area contributed by atoms with Crippen LogP contribution in [0.15, 0.2) is 0 Å². The van der Waals surface area contributed by atoms with Crippen molar-refractivity contribution in [2.24, 2.45) is 17.6 Å². The van der Waals surface area contributed by atoms with Crippen LogP contribution in [0.2, 0.25) is 0 Å². The van der Waals surface area contributed by atoms with Crippen molar-refractivity contribution in [2.75, 3.05) is 13.1 Å². The molecule has 1 unspecified atom stereocenters. The molecular weight excluding hydrogens is 336 g/mol. The van der Waals surface area contributed by atoms with Gasteiger partial charge in [0, 0.05) is 37.8 Å². The molecule has 0 spiro atoms. The molecule has 1 aromatic heterocycles. The Hall–Kier alpha value is -1.07. The Morgan fingerprint density at radius 2 is 1.84 bits per heavy atom. The number of aromatic nitrogens is 2. The van der Waals surface area contributed by atoms with Gasteiger partial charge in [0.05, 0.1) is 5.69 Å². The molecule has 2 rings (SSSR count). The highest BCUT2D eigenvalue weighted by Gasteiger charge is 2.25. The van der Waals surface area contributed by atoms with Gasteiger partial charge in [-0.25, -0.2) is 0 Å². The number of rotatable bonds is 6. The number of carbonyl (C=O) groups excluding carboxylic acids is 1. The molecule has 0 saturated carbocycles. The molecule has 1 amide bonds. The first-order valence-corrected chi connectivity index (χ1v) is 9.35. The number of hydrogen-bond acceptors (Lipinski definition) is 3. The van der Waals surface area contributed by atoms with Gasteiger partial charge in [-0.1, -0.05) is 13.8 Å². The second kappa shape index (κ2) is 9.58. The molecule has 1 aliphatic rings. The summed E-state index contributed by atoms with van der Waals surface area (Å²) in [5, 5.41) is 4.65. The highest BCUT2D eigenvalue weighted by molar-refractivity contribution is 5.85. The van der Waals surface area contributed by atoms with Crippen molar-refractivity contribution in [3.05, 3.63) is 17.0 Å². The van der Waals surface area contributed by atoms with E-state index in [1.165, 1.54) is 11.3 Å². The van der Waals surface area contributed by atoms with Crippen LogP contribution in [-0.2, 0) is 17.8 Å². The number of carbonyl (C=O) groups is 1. The average Bonchev–Trinajstić information content (AvgIpc) is 2.78. The number of nitrogens with two attached hydrogens (primary N) is 1. The molecule has 144 valence electrons. The number of nitrogens with zero attached hydrogens (tertiary/aromatic N) is 3. The first-order valence-electron chi connectivity index (χ1n) is 9.35. The van der Waals surface area contributed by atoms with E-state index in [1.54, 1.807) is 0 Å². The van der Waals surface area contributed by atoms with Gasteiger partial charge in [-0.2, -0.15) is 5.10 Å². The van der Waals surface area contributed by atoms with Gasteiger partial charge in [-0.3, -0.25) is 9.48 Å². The average molecular weight is 371 g/mol. The predicted octanol–water partition coefficient (Wildman–Crippen LogP) is 3.10. The van der Waals surface area contributed by atoms with Crippen molar-refractivity contribution in [3.8, 4) is 0 Å². The summed E-state index contributed by atoms with van der Waals surface area (Å²) in [6, 6.07) is 0.236. The summed E-state index contributed by atoms with van der Waals surface area (Å²) in [5.74, 6) is 1.41. The Bertz CT molecular complexity index is 560. The van der Waals surface area contributed by atoms with E-state index in [0.29, 0.717) is 18.3 Å². The highest BCUT2D eigenvalue weighted by Crippen LogP contribution is 2.21. The zero-order chi connectivity index (χ0) is 17.9. The molecule has 1 saturated heterocycles. The maximum Gasteiger partial charge on any atom is 0.222 e. The van der Waals surface area contributed by atoms with Crippen molar-refractivity contribution in [1.29, 1.82) is 0 Å². The van der Waals surface area contributed by atoms with Crippen LogP contribution in [0.4, 0.5) is 0 Å². The lowest BCUT2D eigenvalue weighted by Gasteiger charge is -2.33. The minimum Gasteiger partial charge on any atom is -0.343 e. The molecule has 1 aliphatic heterocycles. The number of amides is 1. The summed E-state index contributed by atoms with van der Waals surface area (Å²) in [6.07, 6.45) is 3.45. The zero-order valence-electron chi connectivity index (χ0n) is 16.4. The van der Waals surface area contributed by atoms with Crippen LogP contribution in [0.5, 0.6) is 0 Å². The zero-order valence-corrected chi connectivity index (χ0v) is 17.2. The Balaban J connectivity index is 0.00000312. The Morgan fingerprint density at radius 1 is 1.24 bits per heavy atom. The third-order valence-corrected chi connectivity index (χ3v) is 5.29. The van der Waals surface area contributed by atoms with Crippen molar-refractivity contribution in [2.45, 2.75) is 72.9 Å². The quantitative estimate of drug-likeness (QED) is 0.836. The fraction of sp³-hybridized carbons (Fsp3) is 0.789. The van der Waals surface area contributed by atoms with Gasteiger partial charge in [0.15, 0.2) is 0 Å². The standard InChI is InChI=1S/C19H34N4O.ClH/c1-13(2)12-23-16(5)18(15(4)21-23)6-7-19(24)22-10-8-17(9-11-22)14(3)20;/h13-14,17H,6-12,20H2,1-5H3;1H. The lowest BCUT2D eigenvalue weighted by atomic mass is 9.91. The Morgan fingerprint density at radius 3 is 2.36 bits per heavy atom. The summed E-state index contributed by atoms with van der Waals surface area (Å²) in [6.45, 7) is 13.3. The molecule has 5 nitrogen and oxygen atoms in total. The number of likely N-dealkylation sites (tertiary alicyclic amines) is 1. The normalized spacial score (nSPS) is 16.8. The minimum atomic E-state index is 0. The van der Waals surface area contributed by atoms with Crippen LogP contribution in [-0.4, -0.2) is 39.7 Å². The topological polar surface area (TPSA) is 64.2 Å². The SMILES string of the molecule is Cc1nn(CC(C)C)c(C)c1CCC(=O)N1CCC(C(C)N)CC1.Cl. The molecule has 0 bridgehead atoms. The van der Waals surface area contributed by atoms with Crippen molar-refractivity contribution in [1.82, 2.24) is 14.7 Å². The fourth-order valence-corrected chi connectivity index (χ4v) is 3.68. The maximum atomic E-state index is 12.5. The fourth-order valence-electron chi connectivity index (χ4n) is 3.68. The van der Waals surface area contributed by atoms with Crippen LogP contribution < -0.4 is 5.73 Å². The van der Waals surface area contributed by atoms with Crippen LogP contribution in [0.25, 0.3) is 0 Å². The van der Waals surface area contributed by atoms with Gasteiger partial charge in [0.2, 0.25) is 5.91 Å². The molecular formula is C19H35ClN4O. The molecule has 6 heteroatoms. The lowest BCUT2D eigenvalue weighted by Crippen LogP contribution is -2.42. The summed E-state index contributed by atoms with van der Waals surface area (Å²) in [5.41, 5.74) is 9.50. The van der Waals surface area contributed by atoms with Crippen LogP contribution >= 0.6 is 12.4 Å². The second-order valence-corrected chi connectivity index (χ2v) is 7.80. The van der Waals surface area contributed by atoms with Crippen molar-refractivity contribution < 1.29 is 4.79 Å². The number of hydrogen-bond donors (Lipinski definition) is 1. The number of piperidine rings is 1. The molecule has 1 fully saturated rings. The summed E-state index contributed by atoms with van der Waals surface area (Å²) >= 11 is 0. The largest absolute Gasteiger partial charge is 0.343 e. The summed E-state index contributed by atoms with van der Waals surface area (Å²) in [4.78, 5) is 14.5. The van der Waals surface area contributed by atoms with Gasteiger partial charge in [-0.15, -0.1) is 12.4 Å². The van der Waals surface area contributed by atoms with E-state index in [1.807, 2.05) is 4.90 Å². The molecule has 1 aromatic rings. The third-order valence-electron chi connectivity index (χ3n) is 5.29. The molecule has 1 atom stereocenters. The molecule has 25 heavy (non-hydrogen) atoms. The summed E-state index contributed by atoms with van der Waals surface area (Å²) < 4.78 is 2.09. The predicted molar refractivity (Wildman–Crippen MR) is 105 cm³/mol. The maximum absolute atomic E-state index is 12.5. The Labute approximate surface area is 158 Å². The molecule has 0 radical (unpaired) electrons. The molecule has 0 aromatic carbocycles. The lowest BCUT2D eigenvalue weighted by molar-refractivity contribution is -0.132. The highest BCUT2D eigenvalue weighted by atomic mass is 35.5. The van der Waals surface area contributed by atoms with E-state index in [0.717, 1.165) is 44.6 Å². The smallest absolute Gasteiger partial charge is 0.222 e. The number of aryl methyl sites for hydroxylation is 1. The van der Waals surface area contributed by atoms with E-state index >= 15 is 0 Å². The van der Waals surface area contributed by atoms with Gasteiger partial charge >= 0.3 is 0 Å². The van der Waals surface area contributed by atoms with Crippen LogP contribution in [0, 0.1) is 25.7 Å². The van der Waals surface area contributed by atoms with Crippen LogP contribution in [0.3, 0.4) is 0 Å². The Kier molecular flexibility index (Phi) is 8.42. The third kappa shape index (κ3) is 5.71. The number of halogens is 1. The van der Waals surface area contributed by atoms with E-state index < -0.39 is 0 Å². The second-order valence-electron chi connectivity index (χ2n) is 7.80. The van der Waals surface area contributed by atoms with Gasteiger partial charge in [-0.05, 0) is 57.4 Å². The van der Waals surface area contributed by atoms with E-state index in [2.05, 4.69) is 44.4 Å². The molecule has 0 aliphatic carbocycles. The van der Waals surface area contributed by atoms with Gasteiger partial charge < -0.3 is 10.6 Å². The van der Waals surface area contributed by atoms with E-state index in [9.17, 15) is 4.79 Å². The van der Waals surface area contributed by atoms with E-state index in [-0.39, 0.29) is 24.4 Å². The molecule has 2 heterocycles. The first-order chi connectivity index (χ1) is 11.3. The minimum absolute atomic E-state index is 0. The van der Waals surface area contributed by atoms with Gasteiger partial charge in [0.25, 0.3) is 0 Å². The van der Waals surface area contributed by atoms with E-state index in [4.69, 9.17) is 5.73 Å². The first kappa shape index (κ1) is 22.0. The summed E-state index contributed by atoms with van der Waals surface area (Å²) in [7, 11) is 0. The van der Waals surface area contributed by atoms with Crippen molar-refractivity contribution >= 4 is 18.3 Å².